The number of hydrogen-bond donors (Lipinski definition) is 1. The summed E-state index contributed by atoms with van der Waals surface area (Å²) in [6.07, 6.45) is 2.51. The van der Waals surface area contributed by atoms with Gasteiger partial charge in [0.05, 0.1) is 25.0 Å². The van der Waals surface area contributed by atoms with Gasteiger partial charge in [0.2, 0.25) is 5.91 Å². The van der Waals surface area contributed by atoms with Gasteiger partial charge in [-0.05, 0) is 25.1 Å². The molecule has 3 heterocycles. The summed E-state index contributed by atoms with van der Waals surface area (Å²) in [7, 11) is 1.54. The smallest absolute Gasteiger partial charge is 0.251 e. The first-order valence-corrected chi connectivity index (χ1v) is 9.08. The van der Waals surface area contributed by atoms with Gasteiger partial charge in [-0.1, -0.05) is 6.07 Å². The summed E-state index contributed by atoms with van der Waals surface area (Å²) in [6, 6.07) is 8.76. The zero-order valence-corrected chi connectivity index (χ0v) is 15.8. The SMILES string of the molecule is COc1cccc(C(=O)NCC(=O)N2CCc3c(cnc4cc(C)nn34)C2)c1. The Morgan fingerprint density at radius 1 is 1.29 bits per heavy atom. The maximum Gasteiger partial charge on any atom is 0.251 e. The summed E-state index contributed by atoms with van der Waals surface area (Å²) in [5.41, 5.74) is 4.26. The van der Waals surface area contributed by atoms with Gasteiger partial charge < -0.3 is 15.0 Å². The molecule has 0 bridgehead atoms. The van der Waals surface area contributed by atoms with E-state index in [1.165, 1.54) is 0 Å². The predicted octanol–water partition coefficient (Wildman–Crippen LogP) is 1.36. The molecule has 3 aromatic rings. The second-order valence-corrected chi connectivity index (χ2v) is 6.77. The summed E-state index contributed by atoms with van der Waals surface area (Å²) in [5, 5.41) is 7.17. The Morgan fingerprint density at radius 3 is 2.96 bits per heavy atom. The molecule has 28 heavy (non-hydrogen) atoms. The quantitative estimate of drug-likeness (QED) is 0.739. The molecule has 0 saturated carbocycles. The minimum atomic E-state index is -0.306. The summed E-state index contributed by atoms with van der Waals surface area (Å²) >= 11 is 0. The van der Waals surface area contributed by atoms with Gasteiger partial charge in [-0.2, -0.15) is 5.10 Å². The number of nitrogens with one attached hydrogen (secondary N) is 1. The van der Waals surface area contributed by atoms with Crippen molar-refractivity contribution in [3.63, 3.8) is 0 Å². The van der Waals surface area contributed by atoms with Crippen LogP contribution in [0.1, 0.15) is 27.3 Å². The van der Waals surface area contributed by atoms with Crippen LogP contribution in [-0.2, 0) is 17.8 Å². The molecule has 0 saturated heterocycles. The molecule has 4 rings (SSSR count). The summed E-state index contributed by atoms with van der Waals surface area (Å²) in [4.78, 5) is 31.0. The number of carbonyl (C=O) groups excluding carboxylic acids is 2. The topological polar surface area (TPSA) is 88.8 Å². The van der Waals surface area contributed by atoms with Crippen LogP contribution in [0.2, 0.25) is 0 Å². The van der Waals surface area contributed by atoms with Crippen molar-refractivity contribution in [2.24, 2.45) is 0 Å². The van der Waals surface area contributed by atoms with E-state index in [1.54, 1.807) is 42.5 Å². The van der Waals surface area contributed by atoms with Crippen LogP contribution < -0.4 is 10.1 Å². The fraction of sp³-hybridized carbons (Fsp3) is 0.300. The minimum absolute atomic E-state index is 0.0536. The zero-order valence-electron chi connectivity index (χ0n) is 15.8. The molecule has 0 fully saturated rings. The van der Waals surface area contributed by atoms with Gasteiger partial charge in [-0.15, -0.1) is 0 Å². The summed E-state index contributed by atoms with van der Waals surface area (Å²) in [5.74, 6) is 0.165. The Balaban J connectivity index is 1.41. The third kappa shape index (κ3) is 3.40. The molecule has 8 nitrogen and oxygen atoms in total. The van der Waals surface area contributed by atoms with Gasteiger partial charge >= 0.3 is 0 Å². The van der Waals surface area contributed by atoms with Crippen molar-refractivity contribution in [3.8, 4) is 5.75 Å². The van der Waals surface area contributed by atoms with E-state index >= 15 is 0 Å². The van der Waals surface area contributed by atoms with Gasteiger partial charge in [-0.25, -0.2) is 9.50 Å². The number of amides is 2. The largest absolute Gasteiger partial charge is 0.497 e. The van der Waals surface area contributed by atoms with Crippen molar-refractivity contribution in [1.82, 2.24) is 24.8 Å². The molecule has 0 aliphatic carbocycles. The van der Waals surface area contributed by atoms with Crippen molar-refractivity contribution in [3.05, 3.63) is 59.0 Å². The third-order valence-corrected chi connectivity index (χ3v) is 4.86. The predicted molar refractivity (Wildman–Crippen MR) is 102 cm³/mol. The standard InChI is InChI=1S/C20H21N5O3/c1-13-8-18-21-10-15-12-24(7-6-17(15)25(18)23-13)19(26)11-22-20(27)14-4-3-5-16(9-14)28-2/h3-5,8-10H,6-7,11-12H2,1-2H3,(H,22,27). The van der Waals surface area contributed by atoms with Crippen molar-refractivity contribution in [2.75, 3.05) is 20.2 Å². The number of benzene rings is 1. The van der Waals surface area contributed by atoms with Gasteiger partial charge in [-0.3, -0.25) is 9.59 Å². The van der Waals surface area contributed by atoms with Crippen LogP contribution in [0.4, 0.5) is 0 Å². The average Bonchev–Trinajstić information content (AvgIpc) is 3.12. The van der Waals surface area contributed by atoms with Crippen molar-refractivity contribution >= 4 is 17.5 Å². The molecule has 0 atom stereocenters. The fourth-order valence-electron chi connectivity index (χ4n) is 3.40. The highest BCUT2D eigenvalue weighted by Crippen LogP contribution is 2.20. The molecule has 0 spiro atoms. The lowest BCUT2D eigenvalue weighted by atomic mass is 10.1. The molecular weight excluding hydrogens is 358 g/mol. The van der Waals surface area contributed by atoms with Crippen LogP contribution >= 0.6 is 0 Å². The number of aryl methyl sites for hydroxylation is 1. The first kappa shape index (κ1) is 18.0. The fourth-order valence-corrected chi connectivity index (χ4v) is 3.40. The van der Waals surface area contributed by atoms with Crippen LogP contribution in [0.5, 0.6) is 5.75 Å². The van der Waals surface area contributed by atoms with Crippen LogP contribution in [0.25, 0.3) is 5.65 Å². The minimum Gasteiger partial charge on any atom is -0.497 e. The average molecular weight is 379 g/mol. The van der Waals surface area contributed by atoms with E-state index < -0.39 is 0 Å². The van der Waals surface area contributed by atoms with E-state index in [1.807, 2.05) is 17.5 Å². The third-order valence-electron chi connectivity index (χ3n) is 4.86. The second-order valence-electron chi connectivity index (χ2n) is 6.77. The number of fused-ring (bicyclic) bond motifs is 3. The Morgan fingerprint density at radius 2 is 2.14 bits per heavy atom. The van der Waals surface area contributed by atoms with E-state index in [4.69, 9.17) is 4.74 Å². The zero-order chi connectivity index (χ0) is 19.7. The molecular formula is C20H21N5O3. The number of ether oxygens (including phenoxy) is 1. The van der Waals surface area contributed by atoms with Crippen LogP contribution in [-0.4, -0.2) is 51.5 Å². The van der Waals surface area contributed by atoms with E-state index in [9.17, 15) is 9.59 Å². The Hall–Kier alpha value is -3.42. The number of hydrogen-bond acceptors (Lipinski definition) is 5. The van der Waals surface area contributed by atoms with E-state index in [0.29, 0.717) is 30.8 Å². The van der Waals surface area contributed by atoms with Gasteiger partial charge in [0.15, 0.2) is 5.65 Å². The normalized spacial score (nSPS) is 13.3. The molecule has 0 radical (unpaired) electrons. The van der Waals surface area contributed by atoms with Gasteiger partial charge in [0.25, 0.3) is 5.91 Å². The summed E-state index contributed by atoms with van der Waals surface area (Å²) < 4.78 is 6.98. The highest BCUT2D eigenvalue weighted by atomic mass is 16.5. The molecule has 144 valence electrons. The van der Waals surface area contributed by atoms with Crippen molar-refractivity contribution < 1.29 is 14.3 Å². The van der Waals surface area contributed by atoms with Crippen LogP contribution in [0, 0.1) is 6.92 Å². The van der Waals surface area contributed by atoms with E-state index in [-0.39, 0.29) is 18.4 Å². The molecule has 1 N–H and O–H groups in total. The Bertz CT molecular complexity index is 1060. The lowest BCUT2D eigenvalue weighted by Crippen LogP contribution is -2.43. The molecule has 2 aromatic heterocycles. The number of carbonyl (C=O) groups is 2. The number of methoxy groups -OCH3 is 1. The monoisotopic (exact) mass is 379 g/mol. The lowest BCUT2D eigenvalue weighted by Gasteiger charge is -2.28. The number of nitrogens with zero attached hydrogens (tertiary/aromatic N) is 4. The second kappa shape index (κ2) is 7.30. The highest BCUT2D eigenvalue weighted by Gasteiger charge is 2.23. The molecule has 1 aromatic carbocycles. The maximum absolute atomic E-state index is 12.6. The summed E-state index contributed by atoms with van der Waals surface area (Å²) in [6.45, 7) is 2.93. The van der Waals surface area contributed by atoms with Crippen molar-refractivity contribution in [2.45, 2.75) is 19.9 Å². The molecule has 0 unspecified atom stereocenters. The first-order chi connectivity index (χ1) is 13.5. The first-order valence-electron chi connectivity index (χ1n) is 9.08. The van der Waals surface area contributed by atoms with Crippen LogP contribution in [0.15, 0.2) is 36.5 Å². The highest BCUT2D eigenvalue weighted by molar-refractivity contribution is 5.96. The lowest BCUT2D eigenvalue weighted by molar-refractivity contribution is -0.131. The molecule has 1 aliphatic heterocycles. The van der Waals surface area contributed by atoms with E-state index in [2.05, 4.69) is 15.4 Å². The molecule has 2 amide bonds. The van der Waals surface area contributed by atoms with Crippen LogP contribution in [0.3, 0.4) is 0 Å². The van der Waals surface area contributed by atoms with Gasteiger partial charge in [0.1, 0.15) is 5.75 Å². The van der Waals surface area contributed by atoms with Gasteiger partial charge in [0, 0.05) is 42.9 Å². The maximum atomic E-state index is 12.6. The Labute approximate surface area is 162 Å². The number of rotatable bonds is 4. The van der Waals surface area contributed by atoms with E-state index in [0.717, 1.165) is 22.6 Å². The Kier molecular flexibility index (Phi) is 4.68. The van der Waals surface area contributed by atoms with Crippen molar-refractivity contribution in [1.29, 1.82) is 0 Å². The number of aromatic nitrogens is 3. The molecule has 8 heteroatoms. The molecule has 1 aliphatic rings.